The van der Waals surface area contributed by atoms with Crippen LogP contribution in [0.2, 0.25) is 0 Å². The van der Waals surface area contributed by atoms with E-state index in [1.54, 1.807) is 0 Å². The molecule has 3 rings (SSSR count). The first-order valence-corrected chi connectivity index (χ1v) is 10.5. The number of furan rings is 1. The van der Waals surface area contributed by atoms with Gasteiger partial charge in [-0.05, 0) is 56.9 Å². The maximum absolute atomic E-state index is 6.04. The van der Waals surface area contributed by atoms with Gasteiger partial charge in [0.25, 0.3) is 0 Å². The lowest BCUT2D eigenvalue weighted by Gasteiger charge is -2.22. The van der Waals surface area contributed by atoms with Crippen LogP contribution in [-0.4, -0.2) is 31.8 Å². The molecule has 0 spiro atoms. The SMILES string of the molecule is CCNC(=NCc1cccc(COC2CCOCC2)c1)NC(C)c1ccc(C)o1.I. The van der Waals surface area contributed by atoms with E-state index in [2.05, 4.69) is 48.7 Å². The van der Waals surface area contributed by atoms with Crippen LogP contribution in [0.4, 0.5) is 0 Å². The van der Waals surface area contributed by atoms with E-state index in [1.807, 2.05) is 19.1 Å². The van der Waals surface area contributed by atoms with E-state index in [1.165, 1.54) is 5.56 Å². The van der Waals surface area contributed by atoms with Gasteiger partial charge in [0.2, 0.25) is 0 Å². The standard InChI is InChI=1S/C23H33N3O3.HI/c1-4-24-23(26-18(3)22-9-8-17(2)29-22)25-15-19-6-5-7-20(14-19)16-28-21-10-12-27-13-11-21;/h5-9,14,18,21H,4,10-13,15-16H2,1-3H3,(H2,24,25,26);1H. The number of guanidine groups is 1. The second-order valence-electron chi connectivity index (χ2n) is 7.45. The highest BCUT2D eigenvalue weighted by Crippen LogP contribution is 2.16. The maximum atomic E-state index is 6.04. The van der Waals surface area contributed by atoms with Crippen molar-refractivity contribution in [2.24, 2.45) is 4.99 Å². The van der Waals surface area contributed by atoms with Crippen molar-refractivity contribution in [1.29, 1.82) is 0 Å². The molecule has 166 valence electrons. The molecule has 1 saturated heterocycles. The molecular formula is C23H34IN3O3. The second kappa shape index (κ2) is 13.0. The molecule has 1 atom stereocenters. The molecule has 1 aliphatic rings. The minimum Gasteiger partial charge on any atom is -0.464 e. The molecule has 2 heterocycles. The Morgan fingerprint density at radius 1 is 1.20 bits per heavy atom. The maximum Gasteiger partial charge on any atom is 0.192 e. The van der Waals surface area contributed by atoms with Gasteiger partial charge in [0.05, 0.1) is 25.3 Å². The van der Waals surface area contributed by atoms with Crippen LogP contribution in [0.1, 0.15) is 55.4 Å². The summed E-state index contributed by atoms with van der Waals surface area (Å²) in [5, 5.41) is 6.71. The molecule has 0 radical (unpaired) electrons. The summed E-state index contributed by atoms with van der Waals surface area (Å²) in [5.74, 6) is 2.59. The number of hydrogen-bond donors (Lipinski definition) is 2. The van der Waals surface area contributed by atoms with Gasteiger partial charge < -0.3 is 24.5 Å². The number of rotatable bonds is 8. The molecule has 30 heavy (non-hydrogen) atoms. The molecule has 0 bridgehead atoms. The Balaban J connectivity index is 0.00000320. The third-order valence-electron chi connectivity index (χ3n) is 4.95. The summed E-state index contributed by atoms with van der Waals surface area (Å²) in [4.78, 5) is 4.74. The first kappa shape index (κ1) is 24.7. The highest BCUT2D eigenvalue weighted by Gasteiger charge is 2.14. The van der Waals surface area contributed by atoms with Crippen molar-refractivity contribution in [3.8, 4) is 0 Å². The van der Waals surface area contributed by atoms with E-state index in [0.717, 1.165) is 55.6 Å². The monoisotopic (exact) mass is 527 g/mol. The fourth-order valence-electron chi connectivity index (χ4n) is 3.33. The molecule has 0 amide bonds. The lowest BCUT2D eigenvalue weighted by atomic mass is 10.1. The fourth-order valence-corrected chi connectivity index (χ4v) is 3.33. The van der Waals surface area contributed by atoms with E-state index < -0.39 is 0 Å². The molecule has 1 aliphatic heterocycles. The number of hydrogen-bond acceptors (Lipinski definition) is 4. The van der Waals surface area contributed by atoms with Gasteiger partial charge in [-0.1, -0.05) is 24.3 Å². The van der Waals surface area contributed by atoms with Crippen molar-refractivity contribution in [3.63, 3.8) is 0 Å². The topological polar surface area (TPSA) is 68.0 Å². The predicted octanol–water partition coefficient (Wildman–Crippen LogP) is 4.72. The summed E-state index contributed by atoms with van der Waals surface area (Å²) < 4.78 is 17.1. The van der Waals surface area contributed by atoms with E-state index in [-0.39, 0.29) is 30.0 Å². The van der Waals surface area contributed by atoms with Crippen LogP contribution in [-0.2, 0) is 22.6 Å². The third kappa shape index (κ3) is 7.92. The summed E-state index contributed by atoms with van der Waals surface area (Å²) in [7, 11) is 0. The van der Waals surface area contributed by atoms with Crippen LogP contribution in [0, 0.1) is 6.92 Å². The van der Waals surface area contributed by atoms with Crippen molar-refractivity contribution in [2.75, 3.05) is 19.8 Å². The van der Waals surface area contributed by atoms with Gasteiger partial charge >= 0.3 is 0 Å². The fraction of sp³-hybridized carbons (Fsp3) is 0.522. The number of nitrogens with zero attached hydrogens (tertiary/aromatic N) is 1. The lowest BCUT2D eigenvalue weighted by molar-refractivity contribution is -0.0390. The van der Waals surface area contributed by atoms with Crippen LogP contribution < -0.4 is 10.6 Å². The van der Waals surface area contributed by atoms with Gasteiger partial charge in [-0.2, -0.15) is 0 Å². The predicted molar refractivity (Wildman–Crippen MR) is 130 cm³/mol. The van der Waals surface area contributed by atoms with Gasteiger partial charge in [0.1, 0.15) is 11.5 Å². The van der Waals surface area contributed by atoms with E-state index >= 15 is 0 Å². The second-order valence-corrected chi connectivity index (χ2v) is 7.45. The Labute approximate surface area is 196 Å². The average Bonchev–Trinajstić information content (AvgIpc) is 3.18. The number of nitrogens with one attached hydrogen (secondary N) is 2. The van der Waals surface area contributed by atoms with Crippen molar-refractivity contribution in [3.05, 3.63) is 59.0 Å². The normalized spacial score (nSPS) is 16.0. The first-order chi connectivity index (χ1) is 14.1. The van der Waals surface area contributed by atoms with E-state index in [9.17, 15) is 0 Å². The lowest BCUT2D eigenvalue weighted by Crippen LogP contribution is -2.38. The molecule has 1 fully saturated rings. The summed E-state index contributed by atoms with van der Waals surface area (Å²) >= 11 is 0. The smallest absolute Gasteiger partial charge is 0.192 e. The Morgan fingerprint density at radius 2 is 1.97 bits per heavy atom. The molecular weight excluding hydrogens is 493 g/mol. The quantitative estimate of drug-likeness (QED) is 0.296. The molecule has 0 saturated carbocycles. The average molecular weight is 527 g/mol. The van der Waals surface area contributed by atoms with Crippen molar-refractivity contribution >= 4 is 29.9 Å². The zero-order chi connectivity index (χ0) is 20.5. The van der Waals surface area contributed by atoms with Crippen molar-refractivity contribution in [1.82, 2.24) is 10.6 Å². The minimum atomic E-state index is 0. The van der Waals surface area contributed by atoms with E-state index in [4.69, 9.17) is 18.9 Å². The zero-order valence-corrected chi connectivity index (χ0v) is 20.5. The molecule has 1 aromatic heterocycles. The molecule has 1 unspecified atom stereocenters. The van der Waals surface area contributed by atoms with Crippen molar-refractivity contribution in [2.45, 2.75) is 58.9 Å². The summed E-state index contributed by atoms with van der Waals surface area (Å²) in [5.41, 5.74) is 2.35. The minimum absolute atomic E-state index is 0. The van der Waals surface area contributed by atoms with Crippen LogP contribution in [0.5, 0.6) is 0 Å². The van der Waals surface area contributed by atoms with Gasteiger partial charge in [0.15, 0.2) is 5.96 Å². The molecule has 2 N–H and O–H groups in total. The van der Waals surface area contributed by atoms with Gasteiger partial charge in [-0.3, -0.25) is 0 Å². The number of aliphatic imine (C=N–C) groups is 1. The molecule has 2 aromatic rings. The molecule has 1 aromatic carbocycles. The number of benzene rings is 1. The number of halogens is 1. The molecule has 0 aliphatic carbocycles. The first-order valence-electron chi connectivity index (χ1n) is 10.5. The van der Waals surface area contributed by atoms with Crippen molar-refractivity contribution < 1.29 is 13.9 Å². The Bertz CT molecular complexity index is 788. The van der Waals surface area contributed by atoms with Crippen LogP contribution in [0.3, 0.4) is 0 Å². The Morgan fingerprint density at radius 3 is 2.67 bits per heavy atom. The molecule has 6 nitrogen and oxygen atoms in total. The Hall–Kier alpha value is -1.58. The summed E-state index contributed by atoms with van der Waals surface area (Å²) in [6.45, 7) is 9.72. The van der Waals surface area contributed by atoms with Gasteiger partial charge in [-0.25, -0.2) is 4.99 Å². The van der Waals surface area contributed by atoms with Gasteiger partial charge in [-0.15, -0.1) is 24.0 Å². The highest BCUT2D eigenvalue weighted by molar-refractivity contribution is 14.0. The largest absolute Gasteiger partial charge is 0.464 e. The summed E-state index contributed by atoms with van der Waals surface area (Å²) in [6.07, 6.45) is 2.27. The van der Waals surface area contributed by atoms with Crippen LogP contribution in [0.15, 0.2) is 45.8 Å². The Kier molecular flexibility index (Phi) is 10.7. The highest BCUT2D eigenvalue weighted by atomic mass is 127. The van der Waals surface area contributed by atoms with Crippen LogP contribution >= 0.6 is 24.0 Å². The number of aryl methyl sites for hydroxylation is 1. The summed E-state index contributed by atoms with van der Waals surface area (Å²) in [6, 6.07) is 12.5. The molecule has 7 heteroatoms. The third-order valence-corrected chi connectivity index (χ3v) is 4.95. The van der Waals surface area contributed by atoms with Crippen LogP contribution in [0.25, 0.3) is 0 Å². The van der Waals surface area contributed by atoms with Gasteiger partial charge in [0, 0.05) is 19.8 Å². The zero-order valence-electron chi connectivity index (χ0n) is 18.1. The number of ether oxygens (including phenoxy) is 2. The van der Waals surface area contributed by atoms with E-state index in [0.29, 0.717) is 19.3 Å².